The van der Waals surface area contributed by atoms with Crippen LogP contribution < -0.4 is 4.90 Å². The van der Waals surface area contributed by atoms with E-state index in [1.54, 1.807) is 19.2 Å². The fourth-order valence-corrected chi connectivity index (χ4v) is 2.26. The van der Waals surface area contributed by atoms with Gasteiger partial charge in [-0.15, -0.1) is 0 Å². The summed E-state index contributed by atoms with van der Waals surface area (Å²) < 4.78 is 5.29. The molecular formula is C12H15ClN2O3. The van der Waals surface area contributed by atoms with Gasteiger partial charge in [-0.1, -0.05) is 11.6 Å². The maximum atomic E-state index is 11.0. The van der Waals surface area contributed by atoms with Crippen molar-refractivity contribution in [2.24, 2.45) is 0 Å². The molecule has 2 rings (SSSR count). The Labute approximate surface area is 110 Å². The number of piperidine rings is 1. The van der Waals surface area contributed by atoms with Gasteiger partial charge in [0.1, 0.15) is 5.82 Å². The zero-order valence-corrected chi connectivity index (χ0v) is 10.9. The topological polar surface area (TPSA) is 62.7 Å². The average molecular weight is 271 g/mol. The fourth-order valence-electron chi connectivity index (χ4n) is 2.08. The third kappa shape index (κ3) is 2.73. The Morgan fingerprint density at radius 1 is 1.50 bits per heavy atom. The fraction of sp³-hybridized carbons (Fsp3) is 0.500. The van der Waals surface area contributed by atoms with E-state index in [1.807, 2.05) is 0 Å². The summed E-state index contributed by atoms with van der Waals surface area (Å²) in [5.74, 6) is -0.444. The summed E-state index contributed by atoms with van der Waals surface area (Å²) in [4.78, 5) is 17.1. The highest BCUT2D eigenvalue weighted by atomic mass is 35.5. The van der Waals surface area contributed by atoms with Crippen molar-refractivity contribution < 1.29 is 14.6 Å². The smallest absolute Gasteiger partial charge is 0.356 e. The molecule has 1 aromatic heterocycles. The summed E-state index contributed by atoms with van der Waals surface area (Å²) >= 11 is 5.79. The Morgan fingerprint density at radius 2 is 2.17 bits per heavy atom. The predicted molar refractivity (Wildman–Crippen MR) is 68.5 cm³/mol. The Morgan fingerprint density at radius 3 is 2.72 bits per heavy atom. The second kappa shape index (κ2) is 5.54. The third-order valence-corrected chi connectivity index (χ3v) is 3.44. The number of halogens is 1. The van der Waals surface area contributed by atoms with Crippen LogP contribution in [0.1, 0.15) is 23.3 Å². The standard InChI is InChI=1S/C12H15ClN2O3/c1-18-8-4-6-15(7-5-8)10-3-2-9(13)11(14-10)12(16)17/h2-3,8H,4-7H2,1H3,(H,16,17). The number of anilines is 1. The monoisotopic (exact) mass is 270 g/mol. The number of carboxylic acid groups (broad SMARTS) is 1. The molecule has 1 saturated heterocycles. The second-order valence-corrected chi connectivity index (χ2v) is 4.63. The molecule has 0 spiro atoms. The van der Waals surface area contributed by atoms with Gasteiger partial charge in [-0.05, 0) is 25.0 Å². The Bertz CT molecular complexity index is 445. The van der Waals surface area contributed by atoms with E-state index in [4.69, 9.17) is 21.4 Å². The number of carbonyl (C=O) groups is 1. The minimum absolute atomic E-state index is 0.0944. The first-order chi connectivity index (χ1) is 8.61. The molecule has 0 radical (unpaired) electrons. The first-order valence-electron chi connectivity index (χ1n) is 5.79. The molecule has 18 heavy (non-hydrogen) atoms. The number of ether oxygens (including phenoxy) is 1. The van der Waals surface area contributed by atoms with Gasteiger partial charge in [-0.2, -0.15) is 0 Å². The maximum Gasteiger partial charge on any atom is 0.356 e. The molecule has 0 atom stereocenters. The zero-order valence-electron chi connectivity index (χ0n) is 10.1. The minimum atomic E-state index is -1.10. The Kier molecular flexibility index (Phi) is 4.04. The summed E-state index contributed by atoms with van der Waals surface area (Å²) in [6.07, 6.45) is 2.12. The number of nitrogens with zero attached hydrogens (tertiary/aromatic N) is 2. The molecule has 1 aliphatic rings. The lowest BCUT2D eigenvalue weighted by atomic mass is 10.1. The molecule has 0 saturated carbocycles. The number of methoxy groups -OCH3 is 1. The van der Waals surface area contributed by atoms with Crippen molar-refractivity contribution in [2.45, 2.75) is 18.9 Å². The van der Waals surface area contributed by atoms with Crippen molar-refractivity contribution in [3.8, 4) is 0 Å². The highest BCUT2D eigenvalue weighted by Gasteiger charge is 2.21. The lowest BCUT2D eigenvalue weighted by molar-refractivity contribution is 0.0690. The van der Waals surface area contributed by atoms with E-state index in [9.17, 15) is 4.79 Å². The van der Waals surface area contributed by atoms with E-state index >= 15 is 0 Å². The molecule has 1 aromatic rings. The first-order valence-corrected chi connectivity index (χ1v) is 6.17. The van der Waals surface area contributed by atoms with Crippen molar-refractivity contribution in [2.75, 3.05) is 25.1 Å². The quantitative estimate of drug-likeness (QED) is 0.911. The van der Waals surface area contributed by atoms with Gasteiger partial charge >= 0.3 is 5.97 Å². The van der Waals surface area contributed by atoms with Gasteiger partial charge in [-0.3, -0.25) is 0 Å². The Balaban J connectivity index is 2.15. The summed E-state index contributed by atoms with van der Waals surface area (Å²) in [5, 5.41) is 9.15. The number of hydrogen-bond donors (Lipinski definition) is 1. The van der Waals surface area contributed by atoms with Gasteiger partial charge in [0.25, 0.3) is 0 Å². The third-order valence-electron chi connectivity index (χ3n) is 3.13. The van der Waals surface area contributed by atoms with Crippen LogP contribution in [0.3, 0.4) is 0 Å². The van der Waals surface area contributed by atoms with Crippen molar-refractivity contribution in [1.82, 2.24) is 4.98 Å². The summed E-state index contributed by atoms with van der Waals surface area (Å²) in [6, 6.07) is 3.33. The minimum Gasteiger partial charge on any atom is -0.476 e. The van der Waals surface area contributed by atoms with Crippen LogP contribution in [0.2, 0.25) is 5.02 Å². The van der Waals surface area contributed by atoms with Gasteiger partial charge in [0.2, 0.25) is 0 Å². The van der Waals surface area contributed by atoms with E-state index in [0.29, 0.717) is 5.82 Å². The molecule has 2 heterocycles. The number of pyridine rings is 1. The molecule has 0 aromatic carbocycles. The van der Waals surface area contributed by atoms with Gasteiger partial charge in [-0.25, -0.2) is 9.78 Å². The number of hydrogen-bond acceptors (Lipinski definition) is 4. The van der Waals surface area contributed by atoms with Crippen LogP contribution in [-0.2, 0) is 4.74 Å². The maximum absolute atomic E-state index is 11.0. The molecule has 1 N–H and O–H groups in total. The zero-order chi connectivity index (χ0) is 13.1. The number of aromatic nitrogens is 1. The summed E-state index contributed by atoms with van der Waals surface area (Å²) in [5.41, 5.74) is -0.0944. The molecule has 1 fully saturated rings. The average Bonchev–Trinajstić information content (AvgIpc) is 2.39. The van der Waals surface area contributed by atoms with E-state index in [-0.39, 0.29) is 16.8 Å². The first kappa shape index (κ1) is 13.1. The van der Waals surface area contributed by atoms with Crippen molar-refractivity contribution in [1.29, 1.82) is 0 Å². The van der Waals surface area contributed by atoms with Gasteiger partial charge in [0, 0.05) is 20.2 Å². The van der Waals surface area contributed by atoms with Crippen molar-refractivity contribution >= 4 is 23.4 Å². The molecule has 0 aliphatic carbocycles. The largest absolute Gasteiger partial charge is 0.476 e. The molecule has 0 unspecified atom stereocenters. The summed E-state index contributed by atoms with van der Waals surface area (Å²) in [7, 11) is 1.71. The Hall–Kier alpha value is -1.33. The van der Waals surface area contributed by atoms with Crippen molar-refractivity contribution in [3.63, 3.8) is 0 Å². The SMILES string of the molecule is COC1CCN(c2ccc(Cl)c(C(=O)O)n2)CC1. The number of aromatic carboxylic acids is 1. The lowest BCUT2D eigenvalue weighted by Crippen LogP contribution is -2.37. The van der Waals surface area contributed by atoms with Crippen LogP contribution >= 0.6 is 11.6 Å². The van der Waals surface area contributed by atoms with E-state index in [1.165, 1.54) is 0 Å². The molecule has 0 amide bonds. The lowest BCUT2D eigenvalue weighted by Gasteiger charge is -2.32. The molecular weight excluding hydrogens is 256 g/mol. The predicted octanol–water partition coefficient (Wildman–Crippen LogP) is 2.05. The van der Waals surface area contributed by atoms with Crippen LogP contribution in [0.4, 0.5) is 5.82 Å². The molecule has 6 heteroatoms. The summed E-state index contributed by atoms with van der Waals surface area (Å²) in [6.45, 7) is 1.62. The van der Waals surface area contributed by atoms with Crippen LogP contribution in [0, 0.1) is 0 Å². The molecule has 98 valence electrons. The van der Waals surface area contributed by atoms with E-state index < -0.39 is 5.97 Å². The van der Waals surface area contributed by atoms with Crippen LogP contribution in [0.5, 0.6) is 0 Å². The highest BCUT2D eigenvalue weighted by Crippen LogP contribution is 2.23. The van der Waals surface area contributed by atoms with Gasteiger partial charge in [0.05, 0.1) is 11.1 Å². The van der Waals surface area contributed by atoms with E-state index in [2.05, 4.69) is 9.88 Å². The van der Waals surface area contributed by atoms with Gasteiger partial charge in [0.15, 0.2) is 5.69 Å². The number of rotatable bonds is 3. The van der Waals surface area contributed by atoms with Crippen molar-refractivity contribution in [3.05, 3.63) is 22.8 Å². The van der Waals surface area contributed by atoms with Crippen LogP contribution in [0.25, 0.3) is 0 Å². The molecule has 5 nitrogen and oxygen atoms in total. The normalized spacial score (nSPS) is 16.9. The second-order valence-electron chi connectivity index (χ2n) is 4.23. The van der Waals surface area contributed by atoms with E-state index in [0.717, 1.165) is 25.9 Å². The van der Waals surface area contributed by atoms with Crippen LogP contribution in [-0.4, -0.2) is 42.4 Å². The molecule has 1 aliphatic heterocycles. The van der Waals surface area contributed by atoms with Crippen LogP contribution in [0.15, 0.2) is 12.1 Å². The van der Waals surface area contributed by atoms with Gasteiger partial charge < -0.3 is 14.7 Å². The highest BCUT2D eigenvalue weighted by molar-refractivity contribution is 6.33. The number of carboxylic acids is 1. The molecule has 0 bridgehead atoms.